The van der Waals surface area contributed by atoms with E-state index in [2.05, 4.69) is 12.2 Å². The number of nitrogens with zero attached hydrogens (tertiary/aromatic N) is 2. The quantitative estimate of drug-likeness (QED) is 0.387. The highest BCUT2D eigenvalue weighted by Crippen LogP contribution is 2.32. The Morgan fingerprint density at radius 2 is 2.06 bits per heavy atom. The molecule has 0 radical (unpaired) electrons. The zero-order valence-electron chi connectivity index (χ0n) is 18.7. The Morgan fingerprint density at radius 3 is 2.75 bits per heavy atom. The molecule has 170 valence electrons. The molecule has 1 N–H and O–H groups in total. The van der Waals surface area contributed by atoms with Crippen LogP contribution in [0.15, 0.2) is 36.4 Å². The lowest BCUT2D eigenvalue weighted by molar-refractivity contribution is -0.384. The van der Waals surface area contributed by atoms with E-state index in [4.69, 9.17) is 4.74 Å². The predicted octanol–water partition coefficient (Wildman–Crippen LogP) is 4.50. The number of benzene rings is 2. The summed E-state index contributed by atoms with van der Waals surface area (Å²) in [5.74, 6) is -0.786. The first-order chi connectivity index (χ1) is 15.3. The number of piperidine rings is 1. The molecular weight excluding hydrogens is 410 g/mol. The lowest BCUT2D eigenvalue weighted by Gasteiger charge is -2.32. The average molecular weight is 440 g/mol. The van der Waals surface area contributed by atoms with Crippen molar-refractivity contribution in [2.24, 2.45) is 5.92 Å². The smallest absolute Gasteiger partial charge is 0.338 e. The molecule has 0 saturated carbocycles. The van der Waals surface area contributed by atoms with Crippen LogP contribution in [0.2, 0.25) is 0 Å². The Balaban J connectivity index is 1.68. The number of nitrogens with one attached hydrogen (secondary N) is 1. The number of hydrogen-bond donors (Lipinski definition) is 1. The van der Waals surface area contributed by atoms with Gasteiger partial charge in [-0.15, -0.1) is 0 Å². The SMILES string of the molecule is CCc1cccc(C)c1NC(=O)COC(=O)c1ccc(N2CCCC(C)C2)c([N+](=O)[O-])c1. The van der Waals surface area contributed by atoms with E-state index in [-0.39, 0.29) is 11.3 Å². The van der Waals surface area contributed by atoms with Crippen molar-refractivity contribution in [3.05, 3.63) is 63.2 Å². The second-order valence-electron chi connectivity index (χ2n) is 8.24. The number of amides is 1. The molecule has 3 rings (SSSR count). The van der Waals surface area contributed by atoms with Crippen molar-refractivity contribution in [2.45, 2.75) is 40.0 Å². The molecule has 1 aliphatic rings. The fourth-order valence-electron chi connectivity index (χ4n) is 4.06. The van der Waals surface area contributed by atoms with Gasteiger partial charge in [-0.2, -0.15) is 0 Å². The standard InChI is InChI=1S/C24H29N3O5/c1-4-18-9-5-8-17(3)23(18)25-22(28)15-32-24(29)19-10-11-20(21(13-19)27(30)31)26-12-6-7-16(2)14-26/h5,8-11,13,16H,4,6-7,12,14-15H2,1-3H3,(H,25,28). The van der Waals surface area contributed by atoms with E-state index in [0.29, 0.717) is 17.3 Å². The summed E-state index contributed by atoms with van der Waals surface area (Å²) in [7, 11) is 0. The highest BCUT2D eigenvalue weighted by atomic mass is 16.6. The summed E-state index contributed by atoms with van der Waals surface area (Å²) < 4.78 is 5.13. The summed E-state index contributed by atoms with van der Waals surface area (Å²) in [4.78, 5) is 37.9. The topological polar surface area (TPSA) is 102 Å². The zero-order chi connectivity index (χ0) is 23.3. The van der Waals surface area contributed by atoms with Gasteiger partial charge in [-0.1, -0.05) is 32.0 Å². The van der Waals surface area contributed by atoms with E-state index in [1.807, 2.05) is 36.9 Å². The largest absolute Gasteiger partial charge is 0.452 e. The predicted molar refractivity (Wildman–Crippen MR) is 123 cm³/mol. The molecule has 2 aromatic carbocycles. The van der Waals surface area contributed by atoms with E-state index in [1.54, 1.807) is 6.07 Å². The third kappa shape index (κ3) is 5.43. The lowest BCUT2D eigenvalue weighted by Crippen LogP contribution is -2.34. The Hall–Kier alpha value is -3.42. The molecule has 0 aromatic heterocycles. The van der Waals surface area contributed by atoms with E-state index in [0.717, 1.165) is 43.5 Å². The number of nitro groups is 1. The molecular formula is C24H29N3O5. The molecule has 0 spiro atoms. The van der Waals surface area contributed by atoms with Crippen molar-refractivity contribution < 1.29 is 19.2 Å². The van der Waals surface area contributed by atoms with Gasteiger partial charge in [0.1, 0.15) is 5.69 Å². The van der Waals surface area contributed by atoms with Crippen LogP contribution >= 0.6 is 0 Å². The van der Waals surface area contributed by atoms with Crippen LogP contribution in [0.1, 0.15) is 48.2 Å². The molecule has 1 saturated heterocycles. The minimum Gasteiger partial charge on any atom is -0.452 e. The maximum atomic E-state index is 12.5. The molecule has 1 unspecified atom stereocenters. The number of carbonyl (C=O) groups is 2. The number of rotatable bonds is 7. The van der Waals surface area contributed by atoms with E-state index >= 15 is 0 Å². The maximum Gasteiger partial charge on any atom is 0.338 e. The number of anilines is 2. The summed E-state index contributed by atoms with van der Waals surface area (Å²) in [5.41, 5.74) is 3.04. The monoisotopic (exact) mass is 439 g/mol. The van der Waals surface area contributed by atoms with Gasteiger partial charge in [0, 0.05) is 24.8 Å². The maximum absolute atomic E-state index is 12.5. The van der Waals surface area contributed by atoms with Crippen LogP contribution in [-0.4, -0.2) is 36.5 Å². The van der Waals surface area contributed by atoms with Crippen LogP contribution < -0.4 is 10.2 Å². The van der Waals surface area contributed by atoms with Crippen molar-refractivity contribution in [1.29, 1.82) is 0 Å². The van der Waals surface area contributed by atoms with Crippen LogP contribution in [0, 0.1) is 23.0 Å². The Bertz CT molecular complexity index is 1020. The minimum absolute atomic E-state index is 0.0449. The molecule has 32 heavy (non-hydrogen) atoms. The van der Waals surface area contributed by atoms with Crippen molar-refractivity contribution in [3.8, 4) is 0 Å². The fraction of sp³-hybridized carbons (Fsp3) is 0.417. The van der Waals surface area contributed by atoms with Gasteiger partial charge >= 0.3 is 5.97 Å². The minimum atomic E-state index is -0.776. The number of hydrogen-bond acceptors (Lipinski definition) is 6. The third-order valence-electron chi connectivity index (χ3n) is 5.74. The van der Waals surface area contributed by atoms with E-state index < -0.39 is 23.4 Å². The molecule has 0 bridgehead atoms. The van der Waals surface area contributed by atoms with Crippen LogP contribution in [-0.2, 0) is 16.0 Å². The highest BCUT2D eigenvalue weighted by molar-refractivity contribution is 5.97. The van der Waals surface area contributed by atoms with Crippen LogP contribution in [0.5, 0.6) is 0 Å². The van der Waals surface area contributed by atoms with Gasteiger partial charge in [0.05, 0.1) is 10.5 Å². The van der Waals surface area contributed by atoms with Crippen molar-refractivity contribution in [3.63, 3.8) is 0 Å². The van der Waals surface area contributed by atoms with Crippen LogP contribution in [0.25, 0.3) is 0 Å². The first-order valence-corrected chi connectivity index (χ1v) is 10.9. The average Bonchev–Trinajstić information content (AvgIpc) is 2.78. The van der Waals surface area contributed by atoms with Gasteiger partial charge in [-0.05, 0) is 55.4 Å². The lowest BCUT2D eigenvalue weighted by atomic mass is 9.99. The fourth-order valence-corrected chi connectivity index (χ4v) is 4.06. The molecule has 1 aliphatic heterocycles. The molecule has 1 amide bonds. The number of para-hydroxylation sites is 1. The zero-order valence-corrected chi connectivity index (χ0v) is 18.7. The van der Waals surface area contributed by atoms with Crippen LogP contribution in [0.3, 0.4) is 0 Å². The molecule has 1 fully saturated rings. The van der Waals surface area contributed by atoms with Gasteiger partial charge < -0.3 is 15.0 Å². The molecule has 1 atom stereocenters. The van der Waals surface area contributed by atoms with Crippen molar-refractivity contribution in [1.82, 2.24) is 0 Å². The number of aryl methyl sites for hydroxylation is 2. The molecule has 8 nitrogen and oxygen atoms in total. The van der Waals surface area contributed by atoms with Crippen molar-refractivity contribution >= 4 is 28.9 Å². The van der Waals surface area contributed by atoms with E-state index in [1.165, 1.54) is 12.1 Å². The summed E-state index contributed by atoms with van der Waals surface area (Å²) in [5, 5.41) is 14.4. The van der Waals surface area contributed by atoms with Gasteiger partial charge in [0.2, 0.25) is 0 Å². The molecule has 0 aliphatic carbocycles. The number of carbonyl (C=O) groups excluding carboxylic acids is 2. The second kappa shape index (κ2) is 10.3. The Kier molecular flexibility index (Phi) is 7.45. The van der Waals surface area contributed by atoms with Gasteiger partial charge in [0.25, 0.3) is 11.6 Å². The summed E-state index contributed by atoms with van der Waals surface area (Å²) in [6.07, 6.45) is 2.82. The normalized spacial score (nSPS) is 15.8. The second-order valence-corrected chi connectivity index (χ2v) is 8.24. The number of nitro benzene ring substituents is 1. The molecule has 1 heterocycles. The van der Waals surface area contributed by atoms with Crippen molar-refractivity contribution in [2.75, 3.05) is 29.9 Å². The number of ether oxygens (including phenoxy) is 1. The summed E-state index contributed by atoms with van der Waals surface area (Å²) >= 11 is 0. The van der Waals surface area contributed by atoms with Gasteiger partial charge in [0.15, 0.2) is 6.61 Å². The molecule has 2 aromatic rings. The van der Waals surface area contributed by atoms with Gasteiger partial charge in [-0.3, -0.25) is 14.9 Å². The van der Waals surface area contributed by atoms with Gasteiger partial charge in [-0.25, -0.2) is 4.79 Å². The molecule has 8 heteroatoms. The highest BCUT2D eigenvalue weighted by Gasteiger charge is 2.25. The Morgan fingerprint density at radius 1 is 1.28 bits per heavy atom. The summed E-state index contributed by atoms with van der Waals surface area (Å²) in [6, 6.07) is 10.1. The Labute approximate surface area is 187 Å². The van der Waals surface area contributed by atoms with Crippen LogP contribution in [0.4, 0.5) is 17.1 Å². The number of esters is 1. The van der Waals surface area contributed by atoms with E-state index in [9.17, 15) is 19.7 Å². The summed E-state index contributed by atoms with van der Waals surface area (Å²) in [6.45, 7) is 7.01. The first-order valence-electron chi connectivity index (χ1n) is 10.9. The third-order valence-corrected chi connectivity index (χ3v) is 5.74. The first kappa shape index (κ1) is 23.2.